The average molecular weight is 274 g/mol. The molecule has 1 N–H and O–H groups in total. The number of hydrogen-bond acceptors (Lipinski definition) is 2. The van der Waals surface area contributed by atoms with Crippen LogP contribution in [-0.2, 0) is 4.79 Å². The topological polar surface area (TPSA) is 37.3 Å². The Bertz CT molecular complexity index is 466. The van der Waals surface area contributed by atoms with Crippen LogP contribution in [0.5, 0.6) is 0 Å². The third kappa shape index (κ3) is 1.70. The first kappa shape index (κ1) is 13.1. The molecular formula is C18H26O2. The Kier molecular flexibility index (Phi) is 2.89. The summed E-state index contributed by atoms with van der Waals surface area (Å²) in [6, 6.07) is 0. The van der Waals surface area contributed by atoms with Gasteiger partial charge in [0.15, 0.2) is 5.78 Å². The van der Waals surface area contributed by atoms with Gasteiger partial charge < -0.3 is 5.11 Å². The van der Waals surface area contributed by atoms with Gasteiger partial charge in [0.2, 0.25) is 0 Å². The SMILES string of the molecule is C[C@]12CC[C@H]3[C@@H](CCC4=CC(=O)CC[C@@H]43)[C@@H]1CC[C@H]2O. The molecule has 2 heteroatoms. The zero-order chi connectivity index (χ0) is 13.9. The fourth-order valence-corrected chi connectivity index (χ4v) is 6.15. The van der Waals surface area contributed by atoms with E-state index in [4.69, 9.17) is 0 Å². The predicted molar refractivity (Wildman–Crippen MR) is 78.1 cm³/mol. The van der Waals surface area contributed by atoms with Crippen molar-refractivity contribution in [2.75, 3.05) is 0 Å². The van der Waals surface area contributed by atoms with Gasteiger partial charge in [-0.1, -0.05) is 12.5 Å². The minimum Gasteiger partial charge on any atom is -0.393 e. The van der Waals surface area contributed by atoms with E-state index in [2.05, 4.69) is 6.92 Å². The molecule has 3 fully saturated rings. The van der Waals surface area contributed by atoms with Crippen molar-refractivity contribution in [3.63, 3.8) is 0 Å². The molecule has 0 aromatic carbocycles. The van der Waals surface area contributed by atoms with Crippen molar-refractivity contribution in [2.24, 2.45) is 29.1 Å². The molecule has 3 saturated carbocycles. The zero-order valence-electron chi connectivity index (χ0n) is 12.5. The van der Waals surface area contributed by atoms with Crippen LogP contribution in [-0.4, -0.2) is 17.0 Å². The van der Waals surface area contributed by atoms with Crippen LogP contribution in [0.3, 0.4) is 0 Å². The van der Waals surface area contributed by atoms with E-state index >= 15 is 0 Å². The summed E-state index contributed by atoms with van der Waals surface area (Å²) in [5, 5.41) is 10.4. The van der Waals surface area contributed by atoms with Gasteiger partial charge in [0, 0.05) is 6.42 Å². The van der Waals surface area contributed by atoms with E-state index in [1.54, 1.807) is 0 Å². The highest BCUT2D eigenvalue weighted by molar-refractivity contribution is 5.91. The van der Waals surface area contributed by atoms with Crippen molar-refractivity contribution in [3.05, 3.63) is 11.6 Å². The molecule has 0 unspecified atom stereocenters. The summed E-state index contributed by atoms with van der Waals surface area (Å²) in [6.07, 6.45) is 10.9. The summed E-state index contributed by atoms with van der Waals surface area (Å²) in [6.45, 7) is 2.33. The van der Waals surface area contributed by atoms with Gasteiger partial charge >= 0.3 is 0 Å². The molecular weight excluding hydrogens is 248 g/mol. The van der Waals surface area contributed by atoms with E-state index in [0.29, 0.717) is 11.7 Å². The molecule has 0 bridgehead atoms. The number of carbonyl (C=O) groups is 1. The van der Waals surface area contributed by atoms with Crippen molar-refractivity contribution >= 4 is 5.78 Å². The molecule has 20 heavy (non-hydrogen) atoms. The molecule has 0 spiro atoms. The second-order valence-corrected chi connectivity index (χ2v) is 7.94. The number of aliphatic hydroxyl groups is 1. The number of ketones is 1. The smallest absolute Gasteiger partial charge is 0.155 e. The fraction of sp³-hybridized carbons (Fsp3) is 0.833. The molecule has 0 aromatic heterocycles. The lowest BCUT2D eigenvalue weighted by atomic mass is 9.52. The van der Waals surface area contributed by atoms with Crippen LogP contribution in [0.25, 0.3) is 0 Å². The lowest BCUT2D eigenvalue weighted by molar-refractivity contribution is -0.116. The van der Waals surface area contributed by atoms with E-state index in [-0.39, 0.29) is 11.5 Å². The van der Waals surface area contributed by atoms with E-state index in [0.717, 1.165) is 43.4 Å². The molecule has 0 saturated heterocycles. The molecule has 2 nitrogen and oxygen atoms in total. The molecule has 0 heterocycles. The largest absolute Gasteiger partial charge is 0.393 e. The fourth-order valence-electron chi connectivity index (χ4n) is 6.15. The average Bonchev–Trinajstić information content (AvgIpc) is 2.74. The molecule has 6 atom stereocenters. The first-order valence-corrected chi connectivity index (χ1v) is 8.51. The molecule has 110 valence electrons. The van der Waals surface area contributed by atoms with Crippen molar-refractivity contribution in [3.8, 4) is 0 Å². The molecule has 4 rings (SSSR count). The number of carbonyl (C=O) groups excluding carboxylic acids is 1. The van der Waals surface area contributed by atoms with Crippen molar-refractivity contribution in [1.29, 1.82) is 0 Å². The van der Waals surface area contributed by atoms with E-state index in [9.17, 15) is 9.90 Å². The molecule has 4 aliphatic carbocycles. The summed E-state index contributed by atoms with van der Waals surface area (Å²) in [5.41, 5.74) is 1.65. The van der Waals surface area contributed by atoms with Crippen molar-refractivity contribution < 1.29 is 9.90 Å². The molecule has 0 aliphatic heterocycles. The zero-order valence-corrected chi connectivity index (χ0v) is 12.5. The van der Waals surface area contributed by atoms with Gasteiger partial charge in [-0.25, -0.2) is 0 Å². The number of hydrogen-bond donors (Lipinski definition) is 1. The van der Waals surface area contributed by atoms with Crippen molar-refractivity contribution in [2.45, 2.75) is 64.4 Å². The lowest BCUT2D eigenvalue weighted by Gasteiger charge is -2.53. The van der Waals surface area contributed by atoms with Crippen LogP contribution in [0.1, 0.15) is 58.3 Å². The van der Waals surface area contributed by atoms with Crippen molar-refractivity contribution in [1.82, 2.24) is 0 Å². The van der Waals surface area contributed by atoms with Crippen LogP contribution in [0.2, 0.25) is 0 Å². The van der Waals surface area contributed by atoms with E-state index in [1.807, 2.05) is 6.08 Å². The summed E-state index contributed by atoms with van der Waals surface area (Å²) in [7, 11) is 0. The summed E-state index contributed by atoms with van der Waals surface area (Å²) < 4.78 is 0. The highest BCUT2D eigenvalue weighted by Gasteiger charge is 2.55. The second-order valence-electron chi connectivity index (χ2n) is 7.94. The van der Waals surface area contributed by atoms with E-state index in [1.165, 1.54) is 31.3 Å². The second kappa shape index (κ2) is 4.43. The third-order valence-electron chi connectivity index (χ3n) is 7.25. The normalized spacial score (nSPS) is 51.0. The monoisotopic (exact) mass is 274 g/mol. The van der Waals surface area contributed by atoms with Gasteiger partial charge in [-0.15, -0.1) is 0 Å². The summed E-state index contributed by atoms with van der Waals surface area (Å²) in [4.78, 5) is 11.6. The number of fused-ring (bicyclic) bond motifs is 5. The molecule has 0 radical (unpaired) electrons. The maximum Gasteiger partial charge on any atom is 0.155 e. The third-order valence-corrected chi connectivity index (χ3v) is 7.25. The Morgan fingerprint density at radius 3 is 2.80 bits per heavy atom. The van der Waals surface area contributed by atoms with E-state index < -0.39 is 0 Å². The molecule has 0 aromatic rings. The van der Waals surface area contributed by atoms with Gasteiger partial charge in [-0.3, -0.25) is 4.79 Å². The highest BCUT2D eigenvalue weighted by Crippen LogP contribution is 2.61. The van der Waals surface area contributed by atoms with Gasteiger partial charge in [-0.2, -0.15) is 0 Å². The Morgan fingerprint density at radius 1 is 1.10 bits per heavy atom. The predicted octanol–water partition coefficient (Wildman–Crippen LogP) is 3.49. The van der Waals surface area contributed by atoms with Crippen LogP contribution in [0.15, 0.2) is 11.6 Å². The highest BCUT2D eigenvalue weighted by atomic mass is 16.3. The Morgan fingerprint density at radius 2 is 1.95 bits per heavy atom. The standard InChI is InChI=1S/C18H26O2/c1-18-9-8-14-13-5-3-12(19)10-11(13)2-4-15(14)16(18)6-7-17(18)20/h10,13-17,20H,2-9H2,1H3/t13-,14+,15+,16-,17+,18-/m0/s1. The van der Waals surface area contributed by atoms with Crippen LogP contribution < -0.4 is 0 Å². The molecule has 0 amide bonds. The van der Waals surface area contributed by atoms with Gasteiger partial charge in [0.1, 0.15) is 0 Å². The first-order valence-electron chi connectivity index (χ1n) is 8.51. The number of rotatable bonds is 0. The van der Waals surface area contributed by atoms with Gasteiger partial charge in [0.05, 0.1) is 6.10 Å². The maximum absolute atomic E-state index is 11.6. The first-order chi connectivity index (χ1) is 9.59. The van der Waals surface area contributed by atoms with Gasteiger partial charge in [0.25, 0.3) is 0 Å². The summed E-state index contributed by atoms with van der Waals surface area (Å²) in [5.74, 6) is 3.38. The van der Waals surface area contributed by atoms with Crippen LogP contribution in [0, 0.1) is 29.1 Å². The van der Waals surface area contributed by atoms with Crippen LogP contribution >= 0.6 is 0 Å². The quantitative estimate of drug-likeness (QED) is 0.734. The molecule has 4 aliphatic rings. The maximum atomic E-state index is 11.6. The minimum absolute atomic E-state index is 0.0710. The minimum atomic E-state index is -0.0710. The lowest BCUT2D eigenvalue weighted by Crippen LogP contribution is -2.47. The Hall–Kier alpha value is -0.630. The van der Waals surface area contributed by atoms with Crippen LogP contribution in [0.4, 0.5) is 0 Å². The number of aliphatic hydroxyl groups excluding tert-OH is 1. The Balaban J connectivity index is 1.63. The summed E-state index contributed by atoms with van der Waals surface area (Å²) >= 11 is 0. The Labute approximate surface area is 121 Å². The van der Waals surface area contributed by atoms with Gasteiger partial charge in [-0.05, 0) is 80.1 Å². The number of allylic oxidation sites excluding steroid dienone is 1.